The number of aromatic nitrogens is 4. The van der Waals surface area contributed by atoms with Gasteiger partial charge in [0.1, 0.15) is 11.5 Å². The van der Waals surface area contributed by atoms with E-state index < -0.39 is 0 Å². The lowest BCUT2D eigenvalue weighted by molar-refractivity contribution is 0.0946. The summed E-state index contributed by atoms with van der Waals surface area (Å²) in [5, 5.41) is 7.24. The third-order valence-corrected chi connectivity index (χ3v) is 4.21. The number of pyridine rings is 1. The van der Waals surface area contributed by atoms with Gasteiger partial charge in [0.15, 0.2) is 5.65 Å². The molecule has 1 aliphatic heterocycles. The van der Waals surface area contributed by atoms with Crippen molar-refractivity contribution in [1.82, 2.24) is 24.9 Å². The van der Waals surface area contributed by atoms with Gasteiger partial charge in [-0.3, -0.25) is 9.78 Å². The highest BCUT2D eigenvalue weighted by molar-refractivity contribution is 5.93. The minimum atomic E-state index is -0.184. The highest BCUT2D eigenvalue weighted by atomic mass is 16.1. The molecule has 0 aliphatic carbocycles. The quantitative estimate of drug-likeness (QED) is 0.790. The van der Waals surface area contributed by atoms with E-state index in [2.05, 4.69) is 25.3 Å². The van der Waals surface area contributed by atoms with E-state index in [9.17, 15) is 4.79 Å². The first-order valence-electron chi connectivity index (χ1n) is 8.08. The van der Waals surface area contributed by atoms with Gasteiger partial charge in [-0.15, -0.1) is 0 Å². The fourth-order valence-corrected chi connectivity index (χ4v) is 2.96. The van der Waals surface area contributed by atoms with Crippen LogP contribution in [0.5, 0.6) is 0 Å². The van der Waals surface area contributed by atoms with Gasteiger partial charge in [0.2, 0.25) is 0 Å². The van der Waals surface area contributed by atoms with Crippen molar-refractivity contribution < 1.29 is 4.79 Å². The molecule has 4 rings (SSSR count). The van der Waals surface area contributed by atoms with Crippen molar-refractivity contribution in [2.75, 3.05) is 18.0 Å². The van der Waals surface area contributed by atoms with Crippen LogP contribution in [-0.2, 0) is 6.54 Å². The number of fused-ring (bicyclic) bond motifs is 1. The second kappa shape index (κ2) is 6.27. The number of nitrogens with one attached hydrogen (secondary N) is 1. The molecule has 122 valence electrons. The molecule has 0 unspecified atom stereocenters. The predicted octanol–water partition coefficient (Wildman–Crippen LogP) is 1.65. The molecule has 3 aromatic rings. The summed E-state index contributed by atoms with van der Waals surface area (Å²) in [6.45, 7) is 2.42. The highest BCUT2D eigenvalue weighted by Gasteiger charge is 2.19. The van der Waals surface area contributed by atoms with Crippen LogP contribution in [0, 0.1) is 0 Å². The minimum absolute atomic E-state index is 0.184. The lowest BCUT2D eigenvalue weighted by Crippen LogP contribution is -2.26. The molecule has 0 atom stereocenters. The number of hydrogen-bond donors (Lipinski definition) is 1. The molecule has 0 spiro atoms. The minimum Gasteiger partial charge on any atom is -0.356 e. The number of rotatable bonds is 4. The summed E-state index contributed by atoms with van der Waals surface area (Å²) in [5.41, 5.74) is 2.11. The summed E-state index contributed by atoms with van der Waals surface area (Å²) in [4.78, 5) is 23.2. The fourth-order valence-electron chi connectivity index (χ4n) is 2.96. The third-order valence-electron chi connectivity index (χ3n) is 4.21. The Kier molecular flexibility index (Phi) is 3.82. The highest BCUT2D eigenvalue weighted by Crippen LogP contribution is 2.21. The summed E-state index contributed by atoms with van der Waals surface area (Å²) in [6, 6.07) is 7.40. The Balaban J connectivity index is 1.60. The molecule has 1 saturated heterocycles. The molecular weight excluding hydrogens is 304 g/mol. The summed E-state index contributed by atoms with van der Waals surface area (Å²) < 4.78 is 1.80. The van der Waals surface area contributed by atoms with Crippen LogP contribution in [0.1, 0.15) is 28.9 Å². The number of carbonyl (C=O) groups excluding carboxylic acids is 1. The molecular formula is C17H18N6O. The van der Waals surface area contributed by atoms with E-state index in [4.69, 9.17) is 0 Å². The second-order valence-electron chi connectivity index (χ2n) is 5.83. The number of anilines is 1. The van der Waals surface area contributed by atoms with Crippen molar-refractivity contribution in [3.63, 3.8) is 0 Å². The molecule has 24 heavy (non-hydrogen) atoms. The maximum atomic E-state index is 12.5. The maximum Gasteiger partial charge on any atom is 0.270 e. The Morgan fingerprint density at radius 2 is 1.92 bits per heavy atom. The van der Waals surface area contributed by atoms with E-state index in [1.807, 2.05) is 24.3 Å². The SMILES string of the molecule is O=C(NCc1ccncc1)c1cc(N2CCCC2)n2nccc2n1. The zero-order valence-electron chi connectivity index (χ0n) is 13.2. The van der Waals surface area contributed by atoms with Gasteiger partial charge in [-0.1, -0.05) is 0 Å². The topological polar surface area (TPSA) is 75.4 Å². The van der Waals surface area contributed by atoms with Crippen LogP contribution in [0.15, 0.2) is 42.9 Å². The monoisotopic (exact) mass is 322 g/mol. The van der Waals surface area contributed by atoms with Gasteiger partial charge in [0, 0.05) is 44.2 Å². The van der Waals surface area contributed by atoms with Crippen molar-refractivity contribution in [2.45, 2.75) is 19.4 Å². The average Bonchev–Trinajstić information content (AvgIpc) is 3.31. The first kappa shape index (κ1) is 14.6. The zero-order valence-corrected chi connectivity index (χ0v) is 13.2. The van der Waals surface area contributed by atoms with Crippen LogP contribution in [0.25, 0.3) is 5.65 Å². The van der Waals surface area contributed by atoms with Crippen molar-refractivity contribution >= 4 is 17.4 Å². The predicted molar refractivity (Wildman–Crippen MR) is 89.8 cm³/mol. The third kappa shape index (κ3) is 2.80. The maximum absolute atomic E-state index is 12.5. The Morgan fingerprint density at radius 1 is 1.12 bits per heavy atom. The lowest BCUT2D eigenvalue weighted by Gasteiger charge is -2.19. The number of nitrogens with zero attached hydrogens (tertiary/aromatic N) is 5. The molecule has 1 aliphatic rings. The van der Waals surface area contributed by atoms with Crippen LogP contribution in [-0.4, -0.2) is 38.6 Å². The summed E-state index contributed by atoms with van der Waals surface area (Å²) in [6.07, 6.45) is 7.46. The van der Waals surface area contributed by atoms with Crippen LogP contribution >= 0.6 is 0 Å². The standard InChI is InChI=1S/C17H18N6O/c24-17(19-12-13-3-6-18-7-4-13)14-11-16(22-9-1-2-10-22)23-15(21-14)5-8-20-23/h3-8,11H,1-2,9-10,12H2,(H,19,24). The Hall–Kier alpha value is -2.96. The number of hydrogen-bond acceptors (Lipinski definition) is 5. The zero-order chi connectivity index (χ0) is 16.4. The van der Waals surface area contributed by atoms with Crippen molar-refractivity contribution in [3.8, 4) is 0 Å². The molecule has 4 heterocycles. The Bertz CT molecular complexity index is 854. The molecule has 1 amide bonds. The van der Waals surface area contributed by atoms with Crippen molar-refractivity contribution in [1.29, 1.82) is 0 Å². The first-order valence-corrected chi connectivity index (χ1v) is 8.08. The molecule has 0 aromatic carbocycles. The normalized spacial score (nSPS) is 14.2. The molecule has 1 N–H and O–H groups in total. The number of carbonyl (C=O) groups is 1. The van der Waals surface area contributed by atoms with Crippen molar-refractivity contribution in [3.05, 3.63) is 54.1 Å². The summed E-state index contributed by atoms with van der Waals surface area (Å²) >= 11 is 0. The largest absolute Gasteiger partial charge is 0.356 e. The van der Waals surface area contributed by atoms with Gasteiger partial charge in [0.05, 0.1) is 6.20 Å². The van der Waals surface area contributed by atoms with Crippen LogP contribution < -0.4 is 10.2 Å². The second-order valence-corrected chi connectivity index (χ2v) is 5.83. The Labute approximate surface area is 139 Å². The molecule has 7 heteroatoms. The van der Waals surface area contributed by atoms with E-state index in [1.54, 1.807) is 23.1 Å². The number of amides is 1. The summed E-state index contributed by atoms with van der Waals surface area (Å²) in [7, 11) is 0. The van der Waals surface area contributed by atoms with Gasteiger partial charge in [0.25, 0.3) is 5.91 Å². The van der Waals surface area contributed by atoms with Crippen LogP contribution in [0.4, 0.5) is 5.82 Å². The van der Waals surface area contributed by atoms with E-state index in [1.165, 1.54) is 0 Å². The summed E-state index contributed by atoms with van der Waals surface area (Å²) in [5.74, 6) is 0.743. The molecule has 7 nitrogen and oxygen atoms in total. The molecule has 0 radical (unpaired) electrons. The van der Waals surface area contributed by atoms with Crippen LogP contribution in [0.3, 0.4) is 0 Å². The van der Waals surface area contributed by atoms with Gasteiger partial charge in [-0.2, -0.15) is 9.61 Å². The van der Waals surface area contributed by atoms with E-state index in [-0.39, 0.29) is 5.91 Å². The fraction of sp³-hybridized carbons (Fsp3) is 0.294. The van der Waals surface area contributed by atoms with E-state index in [0.29, 0.717) is 17.9 Å². The van der Waals surface area contributed by atoms with E-state index in [0.717, 1.165) is 37.3 Å². The van der Waals surface area contributed by atoms with Gasteiger partial charge < -0.3 is 10.2 Å². The van der Waals surface area contributed by atoms with Gasteiger partial charge in [-0.25, -0.2) is 4.98 Å². The first-order chi connectivity index (χ1) is 11.8. The van der Waals surface area contributed by atoms with Crippen molar-refractivity contribution in [2.24, 2.45) is 0 Å². The molecule has 1 fully saturated rings. The van der Waals surface area contributed by atoms with Gasteiger partial charge >= 0.3 is 0 Å². The smallest absolute Gasteiger partial charge is 0.270 e. The molecule has 0 saturated carbocycles. The Morgan fingerprint density at radius 3 is 2.71 bits per heavy atom. The van der Waals surface area contributed by atoms with E-state index >= 15 is 0 Å². The van der Waals surface area contributed by atoms with Crippen LogP contribution in [0.2, 0.25) is 0 Å². The average molecular weight is 322 g/mol. The molecule has 3 aromatic heterocycles. The van der Waals surface area contributed by atoms with Gasteiger partial charge in [-0.05, 0) is 30.5 Å². The lowest BCUT2D eigenvalue weighted by atomic mass is 10.2. The molecule has 0 bridgehead atoms.